The first-order valence-electron chi connectivity index (χ1n) is 6.15. The van der Waals surface area contributed by atoms with Gasteiger partial charge >= 0.3 is 0 Å². The van der Waals surface area contributed by atoms with Gasteiger partial charge in [0.1, 0.15) is 6.33 Å². The van der Waals surface area contributed by atoms with Crippen LogP contribution < -0.4 is 11.1 Å². The van der Waals surface area contributed by atoms with Gasteiger partial charge < -0.3 is 11.1 Å². The van der Waals surface area contributed by atoms with Crippen molar-refractivity contribution < 1.29 is 0 Å². The molecule has 0 unspecified atom stereocenters. The predicted octanol–water partition coefficient (Wildman–Crippen LogP) is 2.45. The number of nitrogens with two attached hydrogens (primary N) is 1. The summed E-state index contributed by atoms with van der Waals surface area (Å²) < 4.78 is 2.67. The molecule has 3 rings (SSSR count). The second-order valence-electron chi connectivity index (χ2n) is 4.38. The molecule has 7 nitrogen and oxygen atoms in total. The zero-order chi connectivity index (χ0) is 14.8. The Morgan fingerprint density at radius 2 is 2.10 bits per heavy atom. The SMILES string of the molecule is Cc1ccc(Nc2nc(N)nc(-n3ccnc3)n2)cc1Br. The lowest BCUT2D eigenvalue weighted by molar-refractivity contribution is 0.906. The van der Waals surface area contributed by atoms with Crippen molar-refractivity contribution in [1.29, 1.82) is 0 Å². The lowest BCUT2D eigenvalue weighted by Crippen LogP contribution is -2.08. The average molecular weight is 346 g/mol. The minimum atomic E-state index is 0.141. The van der Waals surface area contributed by atoms with Gasteiger partial charge in [-0.3, -0.25) is 4.57 Å². The third kappa shape index (κ3) is 3.00. The number of benzene rings is 1. The first-order valence-corrected chi connectivity index (χ1v) is 6.94. The molecule has 3 aromatic rings. The van der Waals surface area contributed by atoms with Crippen molar-refractivity contribution in [2.75, 3.05) is 11.1 Å². The van der Waals surface area contributed by atoms with Crippen molar-refractivity contribution in [2.45, 2.75) is 6.92 Å². The largest absolute Gasteiger partial charge is 0.368 e. The zero-order valence-electron chi connectivity index (χ0n) is 11.2. The van der Waals surface area contributed by atoms with Gasteiger partial charge in [-0.25, -0.2) is 4.98 Å². The van der Waals surface area contributed by atoms with Gasteiger partial charge in [-0.1, -0.05) is 22.0 Å². The molecule has 1 aromatic carbocycles. The number of hydrogen-bond acceptors (Lipinski definition) is 6. The Kier molecular flexibility index (Phi) is 3.53. The van der Waals surface area contributed by atoms with Crippen molar-refractivity contribution in [3.05, 3.63) is 47.0 Å². The molecular weight excluding hydrogens is 334 g/mol. The molecule has 106 valence electrons. The van der Waals surface area contributed by atoms with Gasteiger partial charge in [-0.15, -0.1) is 0 Å². The van der Waals surface area contributed by atoms with Crippen LogP contribution in [-0.4, -0.2) is 24.5 Å². The van der Waals surface area contributed by atoms with Crippen LogP contribution >= 0.6 is 15.9 Å². The highest BCUT2D eigenvalue weighted by atomic mass is 79.9. The van der Waals surface area contributed by atoms with Crippen LogP contribution in [0.25, 0.3) is 5.95 Å². The second-order valence-corrected chi connectivity index (χ2v) is 5.23. The predicted molar refractivity (Wildman–Crippen MR) is 83.5 cm³/mol. The number of aromatic nitrogens is 5. The van der Waals surface area contributed by atoms with Crippen molar-refractivity contribution in [2.24, 2.45) is 0 Å². The molecular formula is C13H12BrN7. The van der Waals surface area contributed by atoms with Crippen LogP contribution in [0.1, 0.15) is 5.56 Å². The number of nitrogens with one attached hydrogen (secondary N) is 1. The Hall–Kier alpha value is -2.48. The molecule has 3 N–H and O–H groups in total. The third-order valence-electron chi connectivity index (χ3n) is 2.80. The molecule has 0 saturated carbocycles. The summed E-state index contributed by atoms with van der Waals surface area (Å²) in [4.78, 5) is 16.4. The van der Waals surface area contributed by atoms with Gasteiger partial charge in [0.15, 0.2) is 0 Å². The minimum absolute atomic E-state index is 0.141. The molecule has 0 spiro atoms. The number of halogens is 1. The number of nitrogen functional groups attached to an aromatic ring is 1. The maximum absolute atomic E-state index is 5.73. The number of imidazole rings is 1. The van der Waals surface area contributed by atoms with Gasteiger partial charge in [0.2, 0.25) is 17.8 Å². The Labute approximate surface area is 129 Å². The molecule has 0 radical (unpaired) electrons. The summed E-state index contributed by atoms with van der Waals surface area (Å²) in [5.41, 5.74) is 7.73. The highest BCUT2D eigenvalue weighted by Crippen LogP contribution is 2.22. The summed E-state index contributed by atoms with van der Waals surface area (Å²) in [6.07, 6.45) is 4.98. The first-order chi connectivity index (χ1) is 10.1. The van der Waals surface area contributed by atoms with E-state index in [9.17, 15) is 0 Å². The lowest BCUT2D eigenvalue weighted by atomic mass is 10.2. The van der Waals surface area contributed by atoms with E-state index in [2.05, 4.69) is 41.2 Å². The Morgan fingerprint density at radius 1 is 1.24 bits per heavy atom. The van der Waals surface area contributed by atoms with E-state index in [0.717, 1.165) is 15.7 Å². The molecule has 0 bridgehead atoms. The van der Waals surface area contributed by atoms with E-state index in [4.69, 9.17) is 5.73 Å². The second kappa shape index (κ2) is 5.49. The van der Waals surface area contributed by atoms with Crippen LogP contribution in [0.3, 0.4) is 0 Å². The summed E-state index contributed by atoms with van der Waals surface area (Å²) in [6.45, 7) is 2.02. The molecule has 0 saturated heterocycles. The standard InChI is InChI=1S/C13H12BrN7/c1-8-2-3-9(6-10(8)14)17-12-18-11(15)19-13(20-12)21-5-4-16-7-21/h2-7H,1H3,(H3,15,17,18,19,20). The number of aryl methyl sites for hydroxylation is 1. The van der Waals surface area contributed by atoms with E-state index in [-0.39, 0.29) is 5.95 Å². The minimum Gasteiger partial charge on any atom is -0.368 e. The van der Waals surface area contributed by atoms with E-state index in [0.29, 0.717) is 11.9 Å². The van der Waals surface area contributed by atoms with Gasteiger partial charge in [-0.2, -0.15) is 15.0 Å². The summed E-state index contributed by atoms with van der Waals surface area (Å²) in [7, 11) is 0. The summed E-state index contributed by atoms with van der Waals surface area (Å²) in [5, 5.41) is 3.11. The highest BCUT2D eigenvalue weighted by Gasteiger charge is 2.07. The molecule has 8 heteroatoms. The molecule has 0 aliphatic carbocycles. The summed E-state index contributed by atoms with van der Waals surface area (Å²) in [5.74, 6) is 0.929. The third-order valence-corrected chi connectivity index (χ3v) is 3.66. The van der Waals surface area contributed by atoms with Gasteiger partial charge in [0.05, 0.1) is 0 Å². The lowest BCUT2D eigenvalue weighted by Gasteiger charge is -2.08. The van der Waals surface area contributed by atoms with E-state index in [1.54, 1.807) is 23.3 Å². The topological polar surface area (TPSA) is 94.5 Å². The molecule has 0 amide bonds. The fraction of sp³-hybridized carbons (Fsp3) is 0.0769. The molecule has 0 aliphatic rings. The van der Waals surface area contributed by atoms with Crippen LogP contribution in [0.4, 0.5) is 17.6 Å². The van der Waals surface area contributed by atoms with E-state index in [1.165, 1.54) is 0 Å². The normalized spacial score (nSPS) is 10.6. The number of nitrogens with zero attached hydrogens (tertiary/aromatic N) is 5. The smallest absolute Gasteiger partial charge is 0.241 e. The van der Waals surface area contributed by atoms with Crippen LogP contribution in [-0.2, 0) is 0 Å². The zero-order valence-corrected chi connectivity index (χ0v) is 12.7. The fourth-order valence-corrected chi connectivity index (χ4v) is 2.11. The van der Waals surface area contributed by atoms with Gasteiger partial charge in [0, 0.05) is 22.6 Å². The summed E-state index contributed by atoms with van der Waals surface area (Å²) >= 11 is 3.49. The van der Waals surface area contributed by atoms with Crippen molar-refractivity contribution >= 4 is 33.5 Å². The Balaban J connectivity index is 1.93. The van der Waals surface area contributed by atoms with Crippen LogP contribution in [0.5, 0.6) is 0 Å². The monoisotopic (exact) mass is 345 g/mol. The molecule has 0 atom stereocenters. The van der Waals surface area contributed by atoms with Crippen molar-refractivity contribution in [1.82, 2.24) is 24.5 Å². The number of hydrogen-bond donors (Lipinski definition) is 2. The number of rotatable bonds is 3. The van der Waals surface area contributed by atoms with Crippen molar-refractivity contribution in [3.8, 4) is 5.95 Å². The van der Waals surface area contributed by atoms with E-state index in [1.807, 2.05) is 25.1 Å². The summed E-state index contributed by atoms with van der Waals surface area (Å²) in [6, 6.07) is 5.89. The van der Waals surface area contributed by atoms with Crippen LogP contribution in [0.15, 0.2) is 41.4 Å². The fourth-order valence-electron chi connectivity index (χ4n) is 1.73. The van der Waals surface area contributed by atoms with Crippen LogP contribution in [0, 0.1) is 6.92 Å². The van der Waals surface area contributed by atoms with Crippen molar-refractivity contribution in [3.63, 3.8) is 0 Å². The van der Waals surface area contributed by atoms with E-state index < -0.39 is 0 Å². The average Bonchev–Trinajstić information content (AvgIpc) is 2.96. The van der Waals surface area contributed by atoms with Crippen LogP contribution in [0.2, 0.25) is 0 Å². The molecule has 2 aromatic heterocycles. The molecule has 2 heterocycles. The Morgan fingerprint density at radius 3 is 2.81 bits per heavy atom. The quantitative estimate of drug-likeness (QED) is 0.757. The maximum Gasteiger partial charge on any atom is 0.241 e. The number of anilines is 3. The van der Waals surface area contributed by atoms with Gasteiger partial charge in [0.25, 0.3) is 0 Å². The van der Waals surface area contributed by atoms with E-state index >= 15 is 0 Å². The van der Waals surface area contributed by atoms with Gasteiger partial charge in [-0.05, 0) is 24.6 Å². The maximum atomic E-state index is 5.73. The molecule has 21 heavy (non-hydrogen) atoms. The molecule has 0 fully saturated rings. The Bertz CT molecular complexity index is 770. The molecule has 0 aliphatic heterocycles. The highest BCUT2D eigenvalue weighted by molar-refractivity contribution is 9.10. The first kappa shape index (κ1) is 13.5.